The first-order valence-electron chi connectivity index (χ1n) is 12.8. The summed E-state index contributed by atoms with van der Waals surface area (Å²) < 4.78 is 0. The molecule has 0 heterocycles. The second-order valence-electron chi connectivity index (χ2n) is 9.50. The molecule has 1 aliphatic carbocycles. The second-order valence-corrected chi connectivity index (χ2v) is 9.50. The van der Waals surface area contributed by atoms with Crippen molar-refractivity contribution in [3.63, 3.8) is 0 Å². The molecule has 0 spiro atoms. The summed E-state index contributed by atoms with van der Waals surface area (Å²) in [4.78, 5) is 0. The van der Waals surface area contributed by atoms with Gasteiger partial charge in [0.1, 0.15) is 0 Å². The van der Waals surface area contributed by atoms with Crippen molar-refractivity contribution in [2.75, 3.05) is 0 Å². The monoisotopic (exact) mass is 478 g/mol. The molecule has 0 saturated carbocycles. The van der Waals surface area contributed by atoms with Crippen molar-refractivity contribution < 1.29 is 0 Å². The molecule has 0 nitrogen and oxygen atoms in total. The van der Waals surface area contributed by atoms with Crippen LogP contribution in [0.1, 0.15) is 33.4 Å². The Balaban J connectivity index is 1.62. The summed E-state index contributed by atoms with van der Waals surface area (Å²) in [7, 11) is 0. The van der Waals surface area contributed by atoms with Gasteiger partial charge in [-0.2, -0.15) is 0 Å². The fraction of sp³-hybridized carbons (Fsp3) is 0. The standard InChI is InChI=1S/C38H22/c1-3-13-35-31(11-1)21-23-33-19-17-29-9-5-7-27(25-29)15-16-28-8-6-10-30(26-28)18-20-34-24-22-32-12-2-4-14-36(32)38(34)37(33)35/h1-16,21-26H/b16-15-. The van der Waals surface area contributed by atoms with Gasteiger partial charge in [0.05, 0.1) is 0 Å². The van der Waals surface area contributed by atoms with Gasteiger partial charge in [-0.05, 0) is 69.1 Å². The molecular formula is C38H22. The molecule has 38 heavy (non-hydrogen) atoms. The fourth-order valence-corrected chi connectivity index (χ4v) is 5.20. The van der Waals surface area contributed by atoms with Crippen LogP contribution in [0.5, 0.6) is 0 Å². The summed E-state index contributed by atoms with van der Waals surface area (Å²) in [5, 5.41) is 4.74. The zero-order valence-corrected chi connectivity index (χ0v) is 20.7. The van der Waals surface area contributed by atoms with Crippen LogP contribution in [0.25, 0.3) is 44.8 Å². The summed E-state index contributed by atoms with van der Waals surface area (Å²) in [5.41, 5.74) is 8.49. The Labute approximate surface area is 222 Å². The lowest BCUT2D eigenvalue weighted by Crippen LogP contribution is -1.93. The van der Waals surface area contributed by atoms with E-state index in [9.17, 15) is 0 Å². The molecule has 0 fully saturated rings. The highest BCUT2D eigenvalue weighted by atomic mass is 14.2. The lowest BCUT2D eigenvalue weighted by Gasteiger charge is -2.15. The highest BCUT2D eigenvalue weighted by Gasteiger charge is 2.15. The Morgan fingerprint density at radius 1 is 0.368 bits per heavy atom. The summed E-state index contributed by atoms with van der Waals surface area (Å²) >= 11 is 0. The van der Waals surface area contributed by atoms with Crippen LogP contribution in [0.2, 0.25) is 0 Å². The predicted molar refractivity (Wildman–Crippen MR) is 161 cm³/mol. The molecule has 6 aromatic rings. The number of hydrogen-bond acceptors (Lipinski definition) is 0. The van der Waals surface area contributed by atoms with E-state index >= 15 is 0 Å². The third-order valence-electron chi connectivity index (χ3n) is 7.03. The van der Waals surface area contributed by atoms with Gasteiger partial charge in [0.15, 0.2) is 0 Å². The molecule has 0 aliphatic heterocycles. The molecule has 1 aliphatic rings. The van der Waals surface area contributed by atoms with Gasteiger partial charge in [-0.25, -0.2) is 0 Å². The maximum absolute atomic E-state index is 3.54. The van der Waals surface area contributed by atoms with Crippen LogP contribution in [0.3, 0.4) is 0 Å². The number of hydrogen-bond donors (Lipinski definition) is 0. The quantitative estimate of drug-likeness (QED) is 0.191. The maximum atomic E-state index is 3.54. The van der Waals surface area contributed by atoms with Gasteiger partial charge < -0.3 is 0 Å². The average molecular weight is 479 g/mol. The van der Waals surface area contributed by atoms with Crippen LogP contribution in [0.4, 0.5) is 0 Å². The van der Waals surface area contributed by atoms with E-state index in [0.717, 1.165) is 44.5 Å². The predicted octanol–water partition coefficient (Wildman–Crippen LogP) is 8.94. The van der Waals surface area contributed by atoms with Crippen molar-refractivity contribution >= 4 is 33.7 Å². The van der Waals surface area contributed by atoms with Crippen molar-refractivity contribution in [1.82, 2.24) is 0 Å². The largest absolute Gasteiger partial charge is 0.0616 e. The molecule has 7 rings (SSSR count). The highest BCUT2D eigenvalue weighted by Crippen LogP contribution is 2.39. The van der Waals surface area contributed by atoms with E-state index in [1.54, 1.807) is 0 Å². The summed E-state index contributed by atoms with van der Waals surface area (Å²) in [6.45, 7) is 0. The Morgan fingerprint density at radius 3 is 1.34 bits per heavy atom. The smallest absolute Gasteiger partial charge is 0.0334 e. The van der Waals surface area contributed by atoms with E-state index in [1.165, 1.54) is 21.5 Å². The van der Waals surface area contributed by atoms with Crippen LogP contribution in [0.15, 0.2) is 121 Å². The molecule has 0 amide bonds. The summed E-state index contributed by atoms with van der Waals surface area (Å²) in [5.74, 6) is 14.0. The van der Waals surface area contributed by atoms with Crippen LogP contribution in [-0.4, -0.2) is 0 Å². The fourth-order valence-electron chi connectivity index (χ4n) is 5.20. The Kier molecular flexibility index (Phi) is 5.37. The Morgan fingerprint density at radius 2 is 0.842 bits per heavy atom. The molecule has 174 valence electrons. The third kappa shape index (κ3) is 4.06. The van der Waals surface area contributed by atoms with Gasteiger partial charge in [0, 0.05) is 33.4 Å². The number of fused-ring (bicyclic) bond motifs is 11. The molecule has 0 saturated heterocycles. The van der Waals surface area contributed by atoms with E-state index in [-0.39, 0.29) is 0 Å². The Hall–Kier alpha value is -5.30. The second kappa shape index (κ2) is 9.29. The number of rotatable bonds is 0. The summed E-state index contributed by atoms with van der Waals surface area (Å²) in [6.07, 6.45) is 4.26. The van der Waals surface area contributed by atoms with Crippen LogP contribution < -0.4 is 0 Å². The molecule has 4 bridgehead atoms. The van der Waals surface area contributed by atoms with Crippen LogP contribution >= 0.6 is 0 Å². The molecule has 0 aromatic heterocycles. The van der Waals surface area contributed by atoms with Gasteiger partial charge in [0.25, 0.3) is 0 Å². The van der Waals surface area contributed by atoms with Gasteiger partial charge in [-0.15, -0.1) is 0 Å². The van der Waals surface area contributed by atoms with Crippen LogP contribution in [0, 0.1) is 23.7 Å². The van der Waals surface area contributed by atoms with Crippen molar-refractivity contribution in [1.29, 1.82) is 0 Å². The third-order valence-corrected chi connectivity index (χ3v) is 7.03. The van der Waals surface area contributed by atoms with E-state index in [0.29, 0.717) is 0 Å². The van der Waals surface area contributed by atoms with Crippen molar-refractivity contribution in [3.8, 4) is 34.8 Å². The minimum absolute atomic E-state index is 0.991. The minimum atomic E-state index is 0.991. The zero-order valence-electron chi connectivity index (χ0n) is 20.7. The van der Waals surface area contributed by atoms with E-state index in [2.05, 4.69) is 157 Å². The molecule has 0 atom stereocenters. The number of benzene rings is 6. The van der Waals surface area contributed by atoms with Gasteiger partial charge >= 0.3 is 0 Å². The van der Waals surface area contributed by atoms with Gasteiger partial charge in [0.2, 0.25) is 0 Å². The van der Waals surface area contributed by atoms with Crippen LogP contribution in [-0.2, 0) is 0 Å². The first-order valence-corrected chi connectivity index (χ1v) is 12.8. The molecule has 6 aromatic carbocycles. The van der Waals surface area contributed by atoms with Gasteiger partial charge in [-0.3, -0.25) is 0 Å². The van der Waals surface area contributed by atoms with Crippen molar-refractivity contribution in [2.24, 2.45) is 0 Å². The average Bonchev–Trinajstić information content (AvgIpc) is 2.97. The molecule has 0 radical (unpaired) electrons. The minimum Gasteiger partial charge on any atom is -0.0616 e. The molecular weight excluding hydrogens is 456 g/mol. The lowest BCUT2D eigenvalue weighted by atomic mass is 9.87. The van der Waals surface area contributed by atoms with E-state index < -0.39 is 0 Å². The summed E-state index contributed by atoms with van der Waals surface area (Å²) in [6, 6.07) is 42.5. The normalized spacial score (nSPS) is 12.4. The molecule has 0 heteroatoms. The van der Waals surface area contributed by atoms with E-state index in [4.69, 9.17) is 0 Å². The Bertz CT molecular complexity index is 1880. The molecule has 0 unspecified atom stereocenters. The van der Waals surface area contributed by atoms with Crippen molar-refractivity contribution in [3.05, 3.63) is 155 Å². The van der Waals surface area contributed by atoms with Crippen molar-refractivity contribution in [2.45, 2.75) is 0 Å². The topological polar surface area (TPSA) is 0 Å². The van der Waals surface area contributed by atoms with Gasteiger partial charge in [-0.1, -0.05) is 121 Å². The first-order chi connectivity index (χ1) is 18.8. The molecule has 0 N–H and O–H groups in total. The van der Waals surface area contributed by atoms with E-state index in [1.807, 2.05) is 0 Å². The highest BCUT2D eigenvalue weighted by molar-refractivity contribution is 6.09. The zero-order chi connectivity index (χ0) is 25.3. The SMILES string of the molecule is C1#Cc2ccc3ccccc3c2-c2c(ccc3ccccc23)C#Cc2cccc(c2)/C=C\c2cccc1c2. The lowest BCUT2D eigenvalue weighted by molar-refractivity contribution is 1.58. The maximum Gasteiger partial charge on any atom is 0.0334 e. The first kappa shape index (κ1) is 21.9.